The third-order valence-electron chi connectivity index (χ3n) is 3.35. The first-order valence-electron chi connectivity index (χ1n) is 5.83. The van der Waals surface area contributed by atoms with Gasteiger partial charge in [-0.25, -0.2) is 0 Å². The molecule has 3 heteroatoms. The van der Waals surface area contributed by atoms with Crippen molar-refractivity contribution in [2.75, 3.05) is 33.2 Å². The highest BCUT2D eigenvalue weighted by Crippen LogP contribution is 2.16. The van der Waals surface area contributed by atoms with E-state index in [9.17, 15) is 0 Å². The zero-order chi connectivity index (χ0) is 10.6. The Balaban J connectivity index is 2.63. The van der Waals surface area contributed by atoms with Crippen LogP contribution in [0.15, 0.2) is 0 Å². The Bertz CT molecular complexity index is 161. The minimum atomic E-state index is 0.660. The average Bonchev–Trinajstić information content (AvgIpc) is 2.27. The topological polar surface area (TPSA) is 32.5 Å². The molecule has 1 aliphatic heterocycles. The summed E-state index contributed by atoms with van der Waals surface area (Å²) < 4.78 is 0. The summed E-state index contributed by atoms with van der Waals surface area (Å²) in [6, 6.07) is 1.37. The van der Waals surface area contributed by atoms with Crippen molar-refractivity contribution in [1.29, 1.82) is 0 Å². The molecule has 0 bridgehead atoms. The number of likely N-dealkylation sites (N-methyl/N-ethyl adjacent to an activating group) is 2. The molecule has 14 heavy (non-hydrogen) atoms. The van der Waals surface area contributed by atoms with E-state index in [1.54, 1.807) is 0 Å². The van der Waals surface area contributed by atoms with Gasteiger partial charge >= 0.3 is 0 Å². The first-order chi connectivity index (χ1) is 6.69. The zero-order valence-electron chi connectivity index (χ0n) is 9.87. The first-order valence-corrected chi connectivity index (χ1v) is 5.83. The van der Waals surface area contributed by atoms with E-state index in [2.05, 4.69) is 30.7 Å². The number of hydrogen-bond donors (Lipinski definition) is 1. The second-order valence-corrected chi connectivity index (χ2v) is 4.46. The van der Waals surface area contributed by atoms with Gasteiger partial charge in [0.1, 0.15) is 0 Å². The van der Waals surface area contributed by atoms with Crippen LogP contribution in [0.1, 0.15) is 26.7 Å². The van der Waals surface area contributed by atoms with Crippen LogP contribution < -0.4 is 5.73 Å². The Morgan fingerprint density at radius 2 is 2.14 bits per heavy atom. The predicted molar refractivity (Wildman–Crippen MR) is 61.4 cm³/mol. The summed E-state index contributed by atoms with van der Waals surface area (Å²) >= 11 is 0. The first kappa shape index (κ1) is 12.0. The summed E-state index contributed by atoms with van der Waals surface area (Å²) in [5, 5.41) is 0. The van der Waals surface area contributed by atoms with Crippen LogP contribution in [-0.4, -0.2) is 55.1 Å². The van der Waals surface area contributed by atoms with Crippen LogP contribution in [-0.2, 0) is 0 Å². The lowest BCUT2D eigenvalue weighted by Gasteiger charge is -2.33. The molecular weight excluding hydrogens is 174 g/mol. The quantitative estimate of drug-likeness (QED) is 0.728. The molecule has 1 saturated heterocycles. The van der Waals surface area contributed by atoms with Gasteiger partial charge in [-0.15, -0.1) is 0 Å². The Kier molecular flexibility index (Phi) is 4.85. The van der Waals surface area contributed by atoms with Gasteiger partial charge in [0.05, 0.1) is 0 Å². The normalized spacial score (nSPS) is 31.7. The summed E-state index contributed by atoms with van der Waals surface area (Å²) in [6.45, 7) is 8.95. The maximum absolute atomic E-state index is 5.67. The van der Waals surface area contributed by atoms with Crippen molar-refractivity contribution in [2.24, 2.45) is 5.73 Å². The van der Waals surface area contributed by atoms with Crippen LogP contribution in [0.2, 0.25) is 0 Å². The molecule has 0 aliphatic carbocycles. The van der Waals surface area contributed by atoms with Gasteiger partial charge in [0.25, 0.3) is 0 Å². The van der Waals surface area contributed by atoms with E-state index < -0.39 is 0 Å². The average molecular weight is 199 g/mol. The second-order valence-electron chi connectivity index (χ2n) is 4.46. The molecule has 0 saturated carbocycles. The minimum Gasteiger partial charge on any atom is -0.330 e. The smallest absolute Gasteiger partial charge is 0.0237 e. The van der Waals surface area contributed by atoms with Crippen molar-refractivity contribution in [3.8, 4) is 0 Å². The molecule has 0 amide bonds. The SMILES string of the molecule is CCN1C(C)CCN(C)CC1CCN. The van der Waals surface area contributed by atoms with E-state index >= 15 is 0 Å². The highest BCUT2D eigenvalue weighted by Gasteiger charge is 2.25. The molecule has 1 rings (SSSR count). The molecule has 0 aromatic rings. The number of nitrogens with zero attached hydrogens (tertiary/aromatic N) is 2. The van der Waals surface area contributed by atoms with Gasteiger partial charge in [0.15, 0.2) is 0 Å². The Hall–Kier alpha value is -0.120. The van der Waals surface area contributed by atoms with Gasteiger partial charge in [0.2, 0.25) is 0 Å². The van der Waals surface area contributed by atoms with E-state index in [4.69, 9.17) is 5.73 Å². The third-order valence-corrected chi connectivity index (χ3v) is 3.35. The standard InChI is InChI=1S/C11H25N3/c1-4-14-10(2)6-8-13(3)9-11(14)5-7-12/h10-11H,4-9,12H2,1-3H3. The molecule has 0 aromatic carbocycles. The summed E-state index contributed by atoms with van der Waals surface area (Å²) in [6.07, 6.45) is 2.41. The van der Waals surface area contributed by atoms with E-state index in [1.807, 2.05) is 0 Å². The molecule has 3 nitrogen and oxygen atoms in total. The van der Waals surface area contributed by atoms with Gasteiger partial charge in [-0.3, -0.25) is 4.90 Å². The van der Waals surface area contributed by atoms with E-state index in [1.165, 1.54) is 19.5 Å². The van der Waals surface area contributed by atoms with Crippen LogP contribution in [0.5, 0.6) is 0 Å². The monoisotopic (exact) mass is 199 g/mol. The molecule has 0 spiro atoms. The van der Waals surface area contributed by atoms with Gasteiger partial charge < -0.3 is 10.6 Å². The van der Waals surface area contributed by atoms with E-state index in [0.29, 0.717) is 12.1 Å². The highest BCUT2D eigenvalue weighted by molar-refractivity contribution is 4.82. The maximum atomic E-state index is 5.67. The van der Waals surface area contributed by atoms with Crippen molar-refractivity contribution >= 4 is 0 Å². The molecule has 2 unspecified atom stereocenters. The highest BCUT2D eigenvalue weighted by atomic mass is 15.2. The summed E-state index contributed by atoms with van der Waals surface area (Å²) in [5.74, 6) is 0. The number of hydrogen-bond acceptors (Lipinski definition) is 3. The van der Waals surface area contributed by atoms with E-state index in [-0.39, 0.29) is 0 Å². The fourth-order valence-electron chi connectivity index (χ4n) is 2.51. The predicted octanol–water partition coefficient (Wildman–Crippen LogP) is 0.750. The lowest BCUT2D eigenvalue weighted by atomic mass is 10.1. The molecule has 1 heterocycles. The summed E-state index contributed by atoms with van der Waals surface area (Å²) in [4.78, 5) is 5.04. The molecule has 2 atom stereocenters. The summed E-state index contributed by atoms with van der Waals surface area (Å²) in [7, 11) is 2.22. The maximum Gasteiger partial charge on any atom is 0.0237 e. The lowest BCUT2D eigenvalue weighted by Crippen LogP contribution is -2.44. The van der Waals surface area contributed by atoms with Crippen molar-refractivity contribution in [2.45, 2.75) is 38.8 Å². The fraction of sp³-hybridized carbons (Fsp3) is 1.00. The number of nitrogens with two attached hydrogens (primary N) is 1. The van der Waals surface area contributed by atoms with Crippen molar-refractivity contribution in [1.82, 2.24) is 9.80 Å². The molecule has 1 fully saturated rings. The van der Waals surface area contributed by atoms with Gasteiger partial charge in [-0.05, 0) is 46.4 Å². The van der Waals surface area contributed by atoms with Crippen molar-refractivity contribution in [3.05, 3.63) is 0 Å². The summed E-state index contributed by atoms with van der Waals surface area (Å²) in [5.41, 5.74) is 5.67. The molecule has 0 aromatic heterocycles. The Labute approximate surface area is 88.2 Å². The largest absolute Gasteiger partial charge is 0.330 e. The Morgan fingerprint density at radius 3 is 2.71 bits per heavy atom. The van der Waals surface area contributed by atoms with Gasteiger partial charge in [-0.1, -0.05) is 6.92 Å². The van der Waals surface area contributed by atoms with Crippen LogP contribution in [0, 0.1) is 0 Å². The zero-order valence-corrected chi connectivity index (χ0v) is 9.87. The Morgan fingerprint density at radius 1 is 1.43 bits per heavy atom. The molecule has 84 valence electrons. The van der Waals surface area contributed by atoms with Crippen molar-refractivity contribution in [3.63, 3.8) is 0 Å². The third kappa shape index (κ3) is 2.94. The molecular formula is C11H25N3. The van der Waals surface area contributed by atoms with Crippen LogP contribution in [0.25, 0.3) is 0 Å². The molecule has 1 aliphatic rings. The molecule has 0 radical (unpaired) electrons. The van der Waals surface area contributed by atoms with Crippen molar-refractivity contribution < 1.29 is 0 Å². The van der Waals surface area contributed by atoms with Crippen LogP contribution >= 0.6 is 0 Å². The molecule has 2 N–H and O–H groups in total. The van der Waals surface area contributed by atoms with E-state index in [0.717, 1.165) is 19.5 Å². The lowest BCUT2D eigenvalue weighted by molar-refractivity contribution is 0.146. The van der Waals surface area contributed by atoms with Crippen LogP contribution in [0.4, 0.5) is 0 Å². The number of rotatable bonds is 3. The second kappa shape index (κ2) is 5.69. The minimum absolute atomic E-state index is 0.660. The van der Waals surface area contributed by atoms with Gasteiger partial charge in [0, 0.05) is 18.6 Å². The van der Waals surface area contributed by atoms with Crippen LogP contribution in [0.3, 0.4) is 0 Å². The van der Waals surface area contributed by atoms with Gasteiger partial charge in [-0.2, -0.15) is 0 Å². The fourth-order valence-corrected chi connectivity index (χ4v) is 2.51.